The fraction of sp³-hybridized carbons (Fsp3) is 0.0227. The molecule has 4 nitrogen and oxygen atoms in total. The minimum absolute atomic E-state index is 0.649. The molecule has 2 heterocycles. The SMILES string of the molecule is c1ccc(-c2nc(-c3ccccc3)nc(-c3ccc(-n4c5ccccc5c5c6c(c7ccccc7c54)Cc4ccccc4-6)cc3)n2)cc1. The van der Waals surface area contributed by atoms with Gasteiger partial charge in [0.25, 0.3) is 0 Å². The number of benzene rings is 7. The molecular formula is C44H28N4. The summed E-state index contributed by atoms with van der Waals surface area (Å²) in [4.78, 5) is 14.8. The van der Waals surface area contributed by atoms with E-state index in [1.54, 1.807) is 0 Å². The van der Waals surface area contributed by atoms with Crippen LogP contribution in [0, 0.1) is 0 Å². The Morgan fingerprint density at radius 2 is 0.958 bits per heavy atom. The minimum Gasteiger partial charge on any atom is -0.309 e. The zero-order valence-corrected chi connectivity index (χ0v) is 26.0. The standard InChI is InChI=1S/C44H28N4/c1-3-13-28(14-4-1)42-45-43(29-15-5-2-6-16-29)47-44(46-42)30-23-25-32(26-24-30)48-38-22-12-11-21-36(38)40-39-33-18-8-7-17-31(33)27-37(39)34-19-9-10-20-35(34)41(40)48/h1-26H,27H2. The third-order valence-corrected chi connectivity index (χ3v) is 9.67. The number of aromatic nitrogens is 4. The van der Waals surface area contributed by atoms with Gasteiger partial charge in [-0.15, -0.1) is 0 Å². The first kappa shape index (κ1) is 26.8. The molecule has 0 fully saturated rings. The van der Waals surface area contributed by atoms with E-state index >= 15 is 0 Å². The van der Waals surface area contributed by atoms with Crippen LogP contribution in [0.3, 0.4) is 0 Å². The largest absolute Gasteiger partial charge is 0.309 e. The fourth-order valence-electron chi connectivity index (χ4n) is 7.54. The van der Waals surface area contributed by atoms with Crippen LogP contribution >= 0.6 is 0 Å². The zero-order valence-electron chi connectivity index (χ0n) is 26.0. The van der Waals surface area contributed by atoms with Gasteiger partial charge in [-0.3, -0.25) is 0 Å². The second-order valence-corrected chi connectivity index (χ2v) is 12.4. The van der Waals surface area contributed by atoms with E-state index in [0.717, 1.165) is 28.8 Å². The predicted octanol–water partition coefficient (Wildman–Crippen LogP) is 10.7. The quantitative estimate of drug-likeness (QED) is 0.199. The number of hydrogen-bond donors (Lipinski definition) is 0. The van der Waals surface area contributed by atoms with E-state index in [0.29, 0.717) is 17.5 Å². The Labute approximate surface area is 277 Å². The highest BCUT2D eigenvalue weighted by atomic mass is 15.0. The molecule has 48 heavy (non-hydrogen) atoms. The molecule has 0 bridgehead atoms. The van der Waals surface area contributed by atoms with Gasteiger partial charge in [-0.1, -0.05) is 127 Å². The molecule has 1 aliphatic carbocycles. The predicted molar refractivity (Wildman–Crippen MR) is 196 cm³/mol. The molecule has 224 valence electrons. The first-order chi connectivity index (χ1) is 23.8. The zero-order chi connectivity index (χ0) is 31.6. The third-order valence-electron chi connectivity index (χ3n) is 9.67. The van der Waals surface area contributed by atoms with E-state index in [1.807, 2.05) is 60.7 Å². The van der Waals surface area contributed by atoms with Crippen LogP contribution in [0.1, 0.15) is 11.1 Å². The Morgan fingerprint density at radius 1 is 0.438 bits per heavy atom. The van der Waals surface area contributed by atoms with Crippen LogP contribution in [0.2, 0.25) is 0 Å². The van der Waals surface area contributed by atoms with Gasteiger partial charge < -0.3 is 4.57 Å². The molecule has 0 amide bonds. The van der Waals surface area contributed by atoms with Crippen molar-refractivity contribution in [3.8, 4) is 51.0 Å². The molecule has 10 rings (SSSR count). The van der Waals surface area contributed by atoms with Crippen LogP contribution in [-0.4, -0.2) is 19.5 Å². The maximum atomic E-state index is 4.96. The highest BCUT2D eigenvalue weighted by Crippen LogP contribution is 2.49. The van der Waals surface area contributed by atoms with Crippen molar-refractivity contribution in [1.29, 1.82) is 0 Å². The monoisotopic (exact) mass is 612 g/mol. The van der Waals surface area contributed by atoms with Crippen molar-refractivity contribution in [3.05, 3.63) is 169 Å². The maximum Gasteiger partial charge on any atom is 0.164 e. The van der Waals surface area contributed by atoms with Crippen LogP contribution in [0.15, 0.2) is 158 Å². The Bertz CT molecular complexity index is 2620. The normalized spacial score (nSPS) is 12.1. The highest BCUT2D eigenvalue weighted by molar-refractivity contribution is 6.26. The highest BCUT2D eigenvalue weighted by Gasteiger charge is 2.27. The summed E-state index contributed by atoms with van der Waals surface area (Å²) in [7, 11) is 0. The van der Waals surface area contributed by atoms with Crippen LogP contribution < -0.4 is 0 Å². The van der Waals surface area contributed by atoms with E-state index in [4.69, 9.17) is 15.0 Å². The lowest BCUT2D eigenvalue weighted by Gasteiger charge is -2.14. The molecule has 0 aliphatic heterocycles. The average Bonchev–Trinajstić information content (AvgIpc) is 3.72. The molecule has 7 aromatic carbocycles. The van der Waals surface area contributed by atoms with Gasteiger partial charge in [0.15, 0.2) is 17.5 Å². The van der Waals surface area contributed by atoms with E-state index in [2.05, 4.69) is 102 Å². The van der Waals surface area contributed by atoms with Crippen molar-refractivity contribution < 1.29 is 0 Å². The Hall–Kier alpha value is -6.39. The summed E-state index contributed by atoms with van der Waals surface area (Å²) in [6, 6.07) is 55.5. The van der Waals surface area contributed by atoms with Crippen molar-refractivity contribution in [3.63, 3.8) is 0 Å². The van der Waals surface area contributed by atoms with Crippen LogP contribution in [0.25, 0.3) is 83.6 Å². The Balaban J connectivity index is 1.19. The van der Waals surface area contributed by atoms with Crippen molar-refractivity contribution >= 4 is 32.6 Å². The number of fused-ring (bicyclic) bond motifs is 10. The number of rotatable bonds is 4. The molecule has 1 aliphatic rings. The van der Waals surface area contributed by atoms with Crippen molar-refractivity contribution in [2.75, 3.05) is 0 Å². The van der Waals surface area contributed by atoms with Gasteiger partial charge in [0.05, 0.1) is 11.0 Å². The first-order valence-electron chi connectivity index (χ1n) is 16.3. The topological polar surface area (TPSA) is 43.6 Å². The number of para-hydroxylation sites is 1. The molecule has 0 spiro atoms. The number of nitrogens with zero attached hydrogens (tertiary/aromatic N) is 4. The molecule has 4 heteroatoms. The maximum absolute atomic E-state index is 4.96. The van der Waals surface area contributed by atoms with Crippen molar-refractivity contribution in [1.82, 2.24) is 19.5 Å². The van der Waals surface area contributed by atoms with Gasteiger partial charge in [0, 0.05) is 38.5 Å². The van der Waals surface area contributed by atoms with Crippen LogP contribution in [0.4, 0.5) is 0 Å². The second kappa shape index (κ2) is 10.6. The molecule has 0 radical (unpaired) electrons. The summed E-state index contributed by atoms with van der Waals surface area (Å²) in [6.45, 7) is 0. The second-order valence-electron chi connectivity index (χ2n) is 12.4. The fourth-order valence-corrected chi connectivity index (χ4v) is 7.54. The summed E-state index contributed by atoms with van der Waals surface area (Å²) in [5.41, 5.74) is 11.9. The van der Waals surface area contributed by atoms with E-state index in [1.165, 1.54) is 54.8 Å². The minimum atomic E-state index is 0.649. The van der Waals surface area contributed by atoms with E-state index < -0.39 is 0 Å². The van der Waals surface area contributed by atoms with Crippen LogP contribution in [-0.2, 0) is 6.42 Å². The van der Waals surface area contributed by atoms with E-state index in [9.17, 15) is 0 Å². The molecule has 0 N–H and O–H groups in total. The first-order valence-corrected chi connectivity index (χ1v) is 16.3. The smallest absolute Gasteiger partial charge is 0.164 e. The van der Waals surface area contributed by atoms with E-state index in [-0.39, 0.29) is 0 Å². The molecule has 0 saturated heterocycles. The lowest BCUT2D eigenvalue weighted by Crippen LogP contribution is -2.00. The van der Waals surface area contributed by atoms with Gasteiger partial charge >= 0.3 is 0 Å². The van der Waals surface area contributed by atoms with Gasteiger partial charge in [0.1, 0.15) is 0 Å². The van der Waals surface area contributed by atoms with Crippen molar-refractivity contribution in [2.45, 2.75) is 6.42 Å². The lowest BCUT2D eigenvalue weighted by molar-refractivity contribution is 1.07. The summed E-state index contributed by atoms with van der Waals surface area (Å²) in [5.74, 6) is 1.97. The molecule has 0 unspecified atom stereocenters. The summed E-state index contributed by atoms with van der Waals surface area (Å²) < 4.78 is 2.44. The van der Waals surface area contributed by atoms with Crippen molar-refractivity contribution in [2.24, 2.45) is 0 Å². The summed E-state index contributed by atoms with van der Waals surface area (Å²) in [5, 5.41) is 5.19. The third kappa shape index (κ3) is 4.06. The number of hydrogen-bond acceptors (Lipinski definition) is 3. The molecule has 0 atom stereocenters. The molecular weight excluding hydrogens is 585 g/mol. The Kier molecular flexibility index (Phi) is 5.90. The van der Waals surface area contributed by atoms with Gasteiger partial charge in [-0.25, -0.2) is 15.0 Å². The summed E-state index contributed by atoms with van der Waals surface area (Å²) >= 11 is 0. The molecule has 2 aromatic heterocycles. The lowest BCUT2D eigenvalue weighted by atomic mass is 9.93. The Morgan fingerprint density at radius 3 is 1.62 bits per heavy atom. The average molecular weight is 613 g/mol. The van der Waals surface area contributed by atoms with Gasteiger partial charge in [-0.05, 0) is 64.4 Å². The van der Waals surface area contributed by atoms with Gasteiger partial charge in [0.2, 0.25) is 0 Å². The molecule has 9 aromatic rings. The van der Waals surface area contributed by atoms with Crippen LogP contribution in [0.5, 0.6) is 0 Å². The van der Waals surface area contributed by atoms with Gasteiger partial charge in [-0.2, -0.15) is 0 Å². The summed E-state index contributed by atoms with van der Waals surface area (Å²) in [6.07, 6.45) is 0.956. The molecule has 0 saturated carbocycles.